The van der Waals surface area contributed by atoms with E-state index in [-0.39, 0.29) is 11.6 Å². The Morgan fingerprint density at radius 2 is 2.11 bits per heavy atom. The van der Waals surface area contributed by atoms with E-state index in [0.717, 1.165) is 4.90 Å². The molecule has 0 spiro atoms. The van der Waals surface area contributed by atoms with Crippen LogP contribution in [0.15, 0.2) is 46.9 Å². The molecule has 3 N–H and O–H groups in total. The van der Waals surface area contributed by atoms with E-state index in [2.05, 4.69) is 26.6 Å². The third-order valence-electron chi connectivity index (χ3n) is 4.74. The van der Waals surface area contributed by atoms with Crippen LogP contribution in [0, 0.1) is 0 Å². The maximum atomic E-state index is 13.2. The summed E-state index contributed by atoms with van der Waals surface area (Å²) in [6.45, 7) is 3.76. The SMILES string of the molecule is CC[C@@H](C)NC(=O)[C@@]1(O)c2cc(Br)ccc2NC(=O)N1c1cccc(OC)c1. The lowest BCUT2D eigenvalue weighted by Gasteiger charge is -2.43. The van der Waals surface area contributed by atoms with Crippen LogP contribution in [0.1, 0.15) is 25.8 Å². The van der Waals surface area contributed by atoms with Gasteiger partial charge in [-0.25, -0.2) is 4.79 Å². The smallest absolute Gasteiger partial charge is 0.329 e. The molecule has 0 aromatic heterocycles. The van der Waals surface area contributed by atoms with Gasteiger partial charge in [0.2, 0.25) is 0 Å². The monoisotopic (exact) mass is 447 g/mol. The first-order valence-electron chi connectivity index (χ1n) is 8.89. The maximum absolute atomic E-state index is 13.2. The van der Waals surface area contributed by atoms with Crippen molar-refractivity contribution in [3.05, 3.63) is 52.5 Å². The van der Waals surface area contributed by atoms with E-state index < -0.39 is 17.7 Å². The first kappa shape index (κ1) is 20.2. The van der Waals surface area contributed by atoms with Gasteiger partial charge >= 0.3 is 6.03 Å². The number of amides is 3. The van der Waals surface area contributed by atoms with Crippen LogP contribution >= 0.6 is 15.9 Å². The number of carbonyl (C=O) groups excluding carboxylic acids is 2. The van der Waals surface area contributed by atoms with Crippen LogP contribution in [0.5, 0.6) is 5.75 Å². The number of fused-ring (bicyclic) bond motifs is 1. The molecule has 2 atom stereocenters. The third-order valence-corrected chi connectivity index (χ3v) is 5.24. The first-order chi connectivity index (χ1) is 13.3. The Bertz CT molecular complexity index is 920. The minimum Gasteiger partial charge on any atom is -0.497 e. The first-order valence-corrected chi connectivity index (χ1v) is 9.69. The molecule has 2 aromatic carbocycles. The average molecular weight is 448 g/mol. The lowest BCUT2D eigenvalue weighted by molar-refractivity contribution is -0.140. The van der Waals surface area contributed by atoms with E-state index in [0.29, 0.717) is 28.0 Å². The summed E-state index contributed by atoms with van der Waals surface area (Å²) in [4.78, 5) is 27.2. The number of nitrogens with one attached hydrogen (secondary N) is 2. The quantitative estimate of drug-likeness (QED) is 0.653. The van der Waals surface area contributed by atoms with Crippen molar-refractivity contribution in [1.29, 1.82) is 0 Å². The van der Waals surface area contributed by atoms with Gasteiger partial charge in [-0.3, -0.25) is 9.69 Å². The van der Waals surface area contributed by atoms with Crippen LogP contribution in [-0.4, -0.2) is 30.2 Å². The van der Waals surface area contributed by atoms with Gasteiger partial charge in [0.05, 0.1) is 18.5 Å². The van der Waals surface area contributed by atoms with Gasteiger partial charge in [-0.05, 0) is 43.7 Å². The minimum atomic E-state index is -2.24. The van der Waals surface area contributed by atoms with Gasteiger partial charge in [0.25, 0.3) is 11.6 Å². The molecule has 1 aliphatic heterocycles. The van der Waals surface area contributed by atoms with Crippen molar-refractivity contribution in [2.75, 3.05) is 17.3 Å². The fraction of sp³-hybridized carbons (Fsp3) is 0.300. The largest absolute Gasteiger partial charge is 0.497 e. The second-order valence-electron chi connectivity index (χ2n) is 6.61. The van der Waals surface area contributed by atoms with Gasteiger partial charge in [0.15, 0.2) is 0 Å². The Hall–Kier alpha value is -2.58. The van der Waals surface area contributed by atoms with Crippen molar-refractivity contribution >= 4 is 39.2 Å². The van der Waals surface area contributed by atoms with E-state index in [1.165, 1.54) is 7.11 Å². The van der Waals surface area contributed by atoms with E-state index in [1.807, 2.05) is 13.8 Å². The fourth-order valence-electron chi connectivity index (χ4n) is 3.06. The summed E-state index contributed by atoms with van der Waals surface area (Å²) in [5.74, 6) is -0.186. The van der Waals surface area contributed by atoms with Crippen LogP contribution in [0.25, 0.3) is 0 Å². The van der Waals surface area contributed by atoms with Gasteiger partial charge in [-0.2, -0.15) is 0 Å². The molecule has 3 rings (SSSR count). The molecule has 0 bridgehead atoms. The van der Waals surface area contributed by atoms with Crippen molar-refractivity contribution in [3.8, 4) is 5.75 Å². The maximum Gasteiger partial charge on any atom is 0.329 e. The molecule has 148 valence electrons. The van der Waals surface area contributed by atoms with Crippen LogP contribution in [0.3, 0.4) is 0 Å². The van der Waals surface area contributed by atoms with Crippen LogP contribution in [0.4, 0.5) is 16.2 Å². The Morgan fingerprint density at radius 1 is 1.36 bits per heavy atom. The summed E-state index contributed by atoms with van der Waals surface area (Å²) in [7, 11) is 1.50. The molecule has 0 saturated carbocycles. The standard InChI is InChI=1S/C20H22BrN3O4/c1-4-12(2)22-18(25)20(27)16-10-13(21)8-9-17(16)23-19(26)24(20)14-6-5-7-15(11-14)28-3/h5-12,27H,4H2,1-3H3,(H,22,25)(H,23,26)/t12-,20+/m1/s1. The number of hydrogen-bond donors (Lipinski definition) is 3. The van der Waals surface area contributed by atoms with Gasteiger partial charge < -0.3 is 20.5 Å². The Balaban J connectivity index is 2.20. The molecule has 0 fully saturated rings. The number of aliphatic hydroxyl groups is 1. The fourth-order valence-corrected chi connectivity index (χ4v) is 3.42. The van der Waals surface area contributed by atoms with Gasteiger partial charge in [0.1, 0.15) is 5.75 Å². The summed E-state index contributed by atoms with van der Waals surface area (Å²) < 4.78 is 5.90. The van der Waals surface area contributed by atoms with Crippen LogP contribution in [-0.2, 0) is 10.5 Å². The number of carbonyl (C=O) groups is 2. The molecule has 0 saturated heterocycles. The Morgan fingerprint density at radius 3 is 2.79 bits per heavy atom. The molecule has 8 heteroatoms. The molecule has 3 amide bonds. The number of methoxy groups -OCH3 is 1. The van der Waals surface area contributed by atoms with Crippen LogP contribution < -0.4 is 20.3 Å². The molecule has 0 aliphatic carbocycles. The molecular formula is C20H22BrN3O4. The van der Waals surface area contributed by atoms with Gasteiger partial charge in [-0.1, -0.05) is 28.9 Å². The predicted octanol–water partition coefficient (Wildman–Crippen LogP) is 3.57. The lowest BCUT2D eigenvalue weighted by atomic mass is 9.94. The minimum absolute atomic E-state index is 0.177. The Labute approximate surface area is 171 Å². The molecule has 1 aliphatic rings. The molecule has 7 nitrogen and oxygen atoms in total. The van der Waals surface area contributed by atoms with Gasteiger partial charge in [0, 0.05) is 22.1 Å². The number of halogens is 1. The van der Waals surface area contributed by atoms with Gasteiger partial charge in [-0.15, -0.1) is 0 Å². The second kappa shape index (κ2) is 7.81. The number of rotatable bonds is 5. The second-order valence-corrected chi connectivity index (χ2v) is 7.53. The summed E-state index contributed by atoms with van der Waals surface area (Å²) >= 11 is 3.38. The number of anilines is 2. The van der Waals surface area contributed by atoms with Crippen LogP contribution in [0.2, 0.25) is 0 Å². The number of urea groups is 1. The highest BCUT2D eigenvalue weighted by Gasteiger charge is 2.52. The van der Waals surface area contributed by atoms with Crippen molar-refractivity contribution < 1.29 is 19.4 Å². The van der Waals surface area contributed by atoms with Crippen molar-refractivity contribution in [3.63, 3.8) is 0 Å². The zero-order valence-electron chi connectivity index (χ0n) is 15.8. The summed E-state index contributed by atoms with van der Waals surface area (Å²) in [5.41, 5.74) is -1.28. The predicted molar refractivity (Wildman–Crippen MR) is 110 cm³/mol. The van der Waals surface area contributed by atoms with E-state index in [9.17, 15) is 14.7 Å². The normalized spacial score (nSPS) is 19.5. The molecule has 28 heavy (non-hydrogen) atoms. The number of ether oxygens (including phenoxy) is 1. The zero-order chi connectivity index (χ0) is 20.5. The zero-order valence-corrected chi connectivity index (χ0v) is 17.4. The van der Waals surface area contributed by atoms with Crippen molar-refractivity contribution in [1.82, 2.24) is 5.32 Å². The molecule has 2 aromatic rings. The average Bonchev–Trinajstić information content (AvgIpc) is 2.68. The number of benzene rings is 2. The number of hydrogen-bond acceptors (Lipinski definition) is 4. The third kappa shape index (κ3) is 3.45. The summed E-state index contributed by atoms with van der Waals surface area (Å²) in [6.07, 6.45) is 0.679. The highest BCUT2D eigenvalue weighted by Crippen LogP contribution is 2.41. The molecule has 0 radical (unpaired) electrons. The number of nitrogens with zero attached hydrogens (tertiary/aromatic N) is 1. The lowest BCUT2D eigenvalue weighted by Crippen LogP contribution is -2.63. The Kier molecular flexibility index (Phi) is 5.62. The summed E-state index contributed by atoms with van der Waals surface area (Å²) in [5, 5.41) is 17.2. The van der Waals surface area contributed by atoms with E-state index in [1.54, 1.807) is 42.5 Å². The highest BCUT2D eigenvalue weighted by molar-refractivity contribution is 9.10. The highest BCUT2D eigenvalue weighted by atomic mass is 79.9. The van der Waals surface area contributed by atoms with E-state index >= 15 is 0 Å². The molecule has 0 unspecified atom stereocenters. The van der Waals surface area contributed by atoms with Crippen molar-refractivity contribution in [2.45, 2.75) is 32.0 Å². The van der Waals surface area contributed by atoms with E-state index in [4.69, 9.17) is 4.74 Å². The molecular weight excluding hydrogens is 426 g/mol. The van der Waals surface area contributed by atoms with Crippen molar-refractivity contribution in [2.24, 2.45) is 0 Å². The molecule has 1 heterocycles. The summed E-state index contributed by atoms with van der Waals surface area (Å²) in [6, 6.07) is 10.8. The topological polar surface area (TPSA) is 90.9 Å².